The van der Waals surface area contributed by atoms with Crippen LogP contribution in [0.4, 0.5) is 0 Å². The molecule has 0 aliphatic rings. The van der Waals surface area contributed by atoms with Gasteiger partial charge >= 0.3 is 39.5 Å². The molecule has 0 spiro atoms. The maximum absolute atomic E-state index is 13.0. The lowest BCUT2D eigenvalue weighted by atomic mass is 10.00. The van der Waals surface area contributed by atoms with E-state index in [4.69, 9.17) is 37.0 Å². The van der Waals surface area contributed by atoms with Gasteiger partial charge in [0.2, 0.25) is 0 Å². The maximum Gasteiger partial charge on any atom is 0.472 e. The molecule has 6 atom stereocenters. The number of phosphoric acid groups is 2. The van der Waals surface area contributed by atoms with E-state index in [1.807, 2.05) is 0 Å². The molecule has 0 rings (SSSR count). The molecule has 0 radical (unpaired) electrons. The number of rotatable bonds is 69. The van der Waals surface area contributed by atoms with Crippen molar-refractivity contribution in [2.75, 3.05) is 39.6 Å². The standard InChI is InChI=1S/C72H140O17P2/c1-9-65(8)51-43-35-30-31-37-45-53-70(75)83-59-68(89-71(76)54-46-38-28-22-14-12-10-11-13-18-24-32-40-48-62(2)3)61-87-91(80,81)85-57-66(73)56-84-90(78,79)86-60-67(88-72(77)55-47-39-29-23-17-20-26-34-42-50-64(6)7)58-82-69(74)52-44-36-27-21-16-15-19-25-33-41-49-63(4)5/h62-68,73H,9-61H2,1-8H3,(H,78,79)(H,80,81)/t65?,66-,67-,68-/m1/s1. The molecule has 91 heavy (non-hydrogen) atoms. The highest BCUT2D eigenvalue weighted by atomic mass is 31.2. The zero-order chi connectivity index (χ0) is 67.5. The molecule has 3 N–H and O–H groups in total. The van der Waals surface area contributed by atoms with Gasteiger partial charge in [-0.25, -0.2) is 9.13 Å². The Bertz CT molecular complexity index is 1800. The van der Waals surface area contributed by atoms with Crippen molar-refractivity contribution in [3.05, 3.63) is 0 Å². The lowest BCUT2D eigenvalue weighted by molar-refractivity contribution is -0.161. The zero-order valence-corrected chi connectivity index (χ0v) is 61.3. The van der Waals surface area contributed by atoms with E-state index in [1.165, 1.54) is 154 Å². The topological polar surface area (TPSA) is 237 Å². The highest BCUT2D eigenvalue weighted by molar-refractivity contribution is 7.47. The number of aliphatic hydroxyl groups is 1. The minimum atomic E-state index is -4.95. The van der Waals surface area contributed by atoms with Gasteiger partial charge < -0.3 is 33.8 Å². The van der Waals surface area contributed by atoms with Gasteiger partial charge in [0.15, 0.2) is 12.2 Å². The van der Waals surface area contributed by atoms with Gasteiger partial charge in [-0.15, -0.1) is 0 Å². The summed E-state index contributed by atoms with van der Waals surface area (Å²) in [6.07, 6.45) is 44.4. The van der Waals surface area contributed by atoms with E-state index in [0.29, 0.717) is 25.7 Å². The van der Waals surface area contributed by atoms with E-state index in [-0.39, 0.29) is 25.7 Å². The number of carbonyl (C=O) groups excluding carboxylic acids is 4. The summed E-state index contributed by atoms with van der Waals surface area (Å²) in [5.74, 6) is 0.885. The summed E-state index contributed by atoms with van der Waals surface area (Å²) >= 11 is 0. The summed E-state index contributed by atoms with van der Waals surface area (Å²) in [5, 5.41) is 10.6. The minimum Gasteiger partial charge on any atom is -0.462 e. The van der Waals surface area contributed by atoms with Gasteiger partial charge in [-0.1, -0.05) is 306 Å². The van der Waals surface area contributed by atoms with E-state index < -0.39 is 97.5 Å². The molecule has 0 aliphatic heterocycles. The molecule has 0 amide bonds. The van der Waals surface area contributed by atoms with Crippen molar-refractivity contribution in [2.24, 2.45) is 23.7 Å². The van der Waals surface area contributed by atoms with Crippen molar-refractivity contribution in [2.45, 2.75) is 375 Å². The van der Waals surface area contributed by atoms with E-state index in [0.717, 1.165) is 120 Å². The zero-order valence-electron chi connectivity index (χ0n) is 59.5. The third kappa shape index (κ3) is 65.1. The van der Waals surface area contributed by atoms with E-state index >= 15 is 0 Å². The Hall–Kier alpha value is -1.94. The molecular formula is C72H140O17P2. The first-order valence-electron chi connectivity index (χ1n) is 37.2. The first-order valence-corrected chi connectivity index (χ1v) is 40.2. The predicted octanol–water partition coefficient (Wildman–Crippen LogP) is 20.5. The van der Waals surface area contributed by atoms with Gasteiger partial charge in [0.25, 0.3) is 0 Å². The number of esters is 4. The fourth-order valence-electron chi connectivity index (χ4n) is 10.8. The molecule has 0 aromatic carbocycles. The van der Waals surface area contributed by atoms with Crippen LogP contribution in [0, 0.1) is 23.7 Å². The monoisotopic (exact) mass is 1340 g/mol. The smallest absolute Gasteiger partial charge is 0.462 e. The fourth-order valence-corrected chi connectivity index (χ4v) is 12.4. The molecule has 3 unspecified atom stereocenters. The Kier molecular flexibility index (Phi) is 60.3. The summed E-state index contributed by atoms with van der Waals surface area (Å²) in [5.41, 5.74) is 0. The minimum absolute atomic E-state index is 0.104. The summed E-state index contributed by atoms with van der Waals surface area (Å²) in [6, 6.07) is 0. The second-order valence-electron chi connectivity index (χ2n) is 27.6. The number of hydrogen-bond acceptors (Lipinski definition) is 15. The van der Waals surface area contributed by atoms with Gasteiger partial charge in [-0.3, -0.25) is 37.3 Å². The van der Waals surface area contributed by atoms with Crippen molar-refractivity contribution in [3.63, 3.8) is 0 Å². The van der Waals surface area contributed by atoms with Crippen molar-refractivity contribution in [1.29, 1.82) is 0 Å². The maximum atomic E-state index is 13.0. The molecule has 0 saturated heterocycles. The quantitative estimate of drug-likeness (QED) is 0.0222. The van der Waals surface area contributed by atoms with Crippen LogP contribution in [0.1, 0.15) is 357 Å². The predicted molar refractivity (Wildman–Crippen MR) is 367 cm³/mol. The Morgan fingerprint density at radius 1 is 0.308 bits per heavy atom. The molecule has 0 bridgehead atoms. The average molecular weight is 1340 g/mol. The third-order valence-corrected chi connectivity index (χ3v) is 18.8. The van der Waals surface area contributed by atoms with Crippen LogP contribution in [0.2, 0.25) is 0 Å². The molecule has 540 valence electrons. The van der Waals surface area contributed by atoms with Crippen molar-refractivity contribution in [3.8, 4) is 0 Å². The first kappa shape index (κ1) is 89.1. The van der Waals surface area contributed by atoms with Crippen LogP contribution in [0.25, 0.3) is 0 Å². The Morgan fingerprint density at radius 3 is 0.780 bits per heavy atom. The number of unbranched alkanes of at least 4 members (excludes halogenated alkanes) is 34. The van der Waals surface area contributed by atoms with Gasteiger partial charge in [0.1, 0.15) is 19.3 Å². The Morgan fingerprint density at radius 2 is 0.527 bits per heavy atom. The normalized spacial score (nSPS) is 14.5. The highest BCUT2D eigenvalue weighted by Crippen LogP contribution is 2.45. The molecule has 0 saturated carbocycles. The number of aliphatic hydroxyl groups excluding tert-OH is 1. The molecule has 0 aromatic rings. The molecule has 0 heterocycles. The molecule has 0 aliphatic carbocycles. The lowest BCUT2D eigenvalue weighted by Crippen LogP contribution is -2.30. The van der Waals surface area contributed by atoms with Crippen LogP contribution in [0.15, 0.2) is 0 Å². The number of hydrogen-bond donors (Lipinski definition) is 3. The van der Waals surface area contributed by atoms with Gasteiger partial charge in [0.05, 0.1) is 26.4 Å². The average Bonchev–Trinajstić information content (AvgIpc) is 3.24. The molecule has 0 aromatic heterocycles. The van der Waals surface area contributed by atoms with Gasteiger partial charge in [-0.2, -0.15) is 0 Å². The van der Waals surface area contributed by atoms with Gasteiger partial charge in [-0.05, 0) is 49.4 Å². The van der Waals surface area contributed by atoms with Crippen LogP contribution >= 0.6 is 15.6 Å². The lowest BCUT2D eigenvalue weighted by Gasteiger charge is -2.21. The summed E-state index contributed by atoms with van der Waals surface area (Å²) < 4.78 is 68.4. The summed E-state index contributed by atoms with van der Waals surface area (Å²) in [6.45, 7) is 14.1. The third-order valence-electron chi connectivity index (χ3n) is 16.9. The number of carbonyl (C=O) groups is 4. The van der Waals surface area contributed by atoms with E-state index in [9.17, 15) is 43.2 Å². The van der Waals surface area contributed by atoms with E-state index in [1.54, 1.807) is 0 Å². The van der Waals surface area contributed by atoms with Crippen molar-refractivity contribution < 1.29 is 80.2 Å². The largest absolute Gasteiger partial charge is 0.472 e. The van der Waals surface area contributed by atoms with E-state index in [2.05, 4.69) is 55.4 Å². The first-order chi connectivity index (χ1) is 43.6. The van der Waals surface area contributed by atoms with Crippen LogP contribution in [-0.2, 0) is 65.4 Å². The summed E-state index contributed by atoms with van der Waals surface area (Å²) in [4.78, 5) is 72.6. The van der Waals surface area contributed by atoms with Crippen LogP contribution < -0.4 is 0 Å². The van der Waals surface area contributed by atoms with Crippen LogP contribution in [-0.4, -0.2) is 96.7 Å². The number of phosphoric ester groups is 2. The number of ether oxygens (including phenoxy) is 4. The fraction of sp³-hybridized carbons (Fsp3) is 0.944. The molecule has 0 fully saturated rings. The second kappa shape index (κ2) is 61.6. The highest BCUT2D eigenvalue weighted by Gasteiger charge is 2.30. The van der Waals surface area contributed by atoms with Gasteiger partial charge in [0, 0.05) is 25.7 Å². The molecular weight excluding hydrogens is 1200 g/mol. The molecule has 19 heteroatoms. The summed E-state index contributed by atoms with van der Waals surface area (Å²) in [7, 11) is -9.91. The van der Waals surface area contributed by atoms with Crippen molar-refractivity contribution >= 4 is 39.5 Å². The van der Waals surface area contributed by atoms with Crippen LogP contribution in [0.3, 0.4) is 0 Å². The van der Waals surface area contributed by atoms with Crippen LogP contribution in [0.5, 0.6) is 0 Å². The Labute approximate surface area is 556 Å². The van der Waals surface area contributed by atoms with Crippen molar-refractivity contribution in [1.82, 2.24) is 0 Å². The molecule has 17 nitrogen and oxygen atoms in total. The second-order valence-corrected chi connectivity index (χ2v) is 30.6. The SMILES string of the molecule is CCC(C)CCCCCCCCC(=O)OC[C@H](COP(=O)(O)OC[C@H](O)COP(=O)(O)OC[C@@H](COC(=O)CCCCCCCCCCCCC(C)C)OC(=O)CCCCCCCCCCCC(C)C)OC(=O)CCCCCCCCCCCCCCCC(C)C. The Balaban J connectivity index is 5.25.